The summed E-state index contributed by atoms with van der Waals surface area (Å²) in [5.74, 6) is 0. The first kappa shape index (κ1) is 20.3. The van der Waals surface area contributed by atoms with Crippen LogP contribution in [0.1, 0.15) is 18.9 Å². The van der Waals surface area contributed by atoms with Crippen LogP contribution in [0.3, 0.4) is 0 Å². The van der Waals surface area contributed by atoms with Crippen molar-refractivity contribution >= 4 is 21.2 Å². The van der Waals surface area contributed by atoms with Crippen LogP contribution in [0.2, 0.25) is 0 Å². The van der Waals surface area contributed by atoms with Gasteiger partial charge in [-0.2, -0.15) is 0 Å². The number of hydrogen-bond acceptors (Lipinski definition) is 6. The van der Waals surface area contributed by atoms with Gasteiger partial charge >= 0.3 is 0 Å². The summed E-state index contributed by atoms with van der Waals surface area (Å²) in [7, 11) is -3.69. The van der Waals surface area contributed by atoms with E-state index in [0.717, 1.165) is 38.9 Å². The molecule has 3 rings (SSSR count). The van der Waals surface area contributed by atoms with E-state index < -0.39 is 14.8 Å². The van der Waals surface area contributed by atoms with Crippen molar-refractivity contribution in [3.05, 3.63) is 64.2 Å². The Bertz CT molecular complexity index is 947. The maximum atomic E-state index is 12.0. The minimum Gasteiger partial charge on any atom is -0.370 e. The number of sulfone groups is 1. The van der Waals surface area contributed by atoms with Crippen LogP contribution >= 0.6 is 0 Å². The lowest BCUT2D eigenvalue weighted by Crippen LogP contribution is -2.34. The first-order valence-corrected chi connectivity index (χ1v) is 11.2. The Morgan fingerprint density at radius 1 is 1.11 bits per heavy atom. The van der Waals surface area contributed by atoms with Crippen molar-refractivity contribution < 1.29 is 13.3 Å². The molecule has 2 aromatic rings. The highest BCUT2D eigenvalue weighted by molar-refractivity contribution is 7.90. The molecule has 1 saturated heterocycles. The molecule has 7 nitrogen and oxygen atoms in total. The van der Waals surface area contributed by atoms with Crippen LogP contribution in [0, 0.1) is 10.1 Å². The largest absolute Gasteiger partial charge is 0.370 e. The molecule has 2 aromatic carbocycles. The molecule has 1 aliphatic heterocycles. The summed E-state index contributed by atoms with van der Waals surface area (Å²) in [6.07, 6.45) is 1.93. The molecule has 0 bridgehead atoms. The van der Waals surface area contributed by atoms with Gasteiger partial charge in [-0.05, 0) is 31.0 Å². The second kappa shape index (κ2) is 8.28. The fourth-order valence-electron chi connectivity index (χ4n) is 3.56. The third-order valence-corrected chi connectivity index (χ3v) is 6.36. The van der Waals surface area contributed by atoms with Gasteiger partial charge in [0, 0.05) is 50.2 Å². The Balaban J connectivity index is 1.81. The van der Waals surface area contributed by atoms with Gasteiger partial charge in [0.25, 0.3) is 5.69 Å². The third-order valence-electron chi connectivity index (χ3n) is 5.23. The lowest BCUT2D eigenvalue weighted by atomic mass is 10.1. The van der Waals surface area contributed by atoms with Crippen molar-refractivity contribution in [1.82, 2.24) is 4.90 Å². The van der Waals surface area contributed by atoms with E-state index in [1.54, 1.807) is 6.07 Å². The maximum absolute atomic E-state index is 12.0. The summed E-state index contributed by atoms with van der Waals surface area (Å²) in [5, 5.41) is 11.2. The van der Waals surface area contributed by atoms with Gasteiger partial charge < -0.3 is 4.90 Å². The minimum atomic E-state index is -3.69. The van der Waals surface area contributed by atoms with Gasteiger partial charge in [-0.25, -0.2) is 8.42 Å². The van der Waals surface area contributed by atoms with Crippen molar-refractivity contribution in [2.45, 2.75) is 30.8 Å². The molecular weight excluding hydrogens is 378 g/mol. The Morgan fingerprint density at radius 3 is 2.46 bits per heavy atom. The smallest absolute Gasteiger partial charge is 0.288 e. The van der Waals surface area contributed by atoms with E-state index in [4.69, 9.17) is 0 Å². The van der Waals surface area contributed by atoms with Crippen LogP contribution < -0.4 is 4.90 Å². The van der Waals surface area contributed by atoms with Crippen LogP contribution in [0.5, 0.6) is 0 Å². The summed E-state index contributed by atoms with van der Waals surface area (Å²) in [6.45, 7) is 5.40. The van der Waals surface area contributed by atoms with E-state index >= 15 is 0 Å². The highest BCUT2D eigenvalue weighted by Gasteiger charge is 2.26. The van der Waals surface area contributed by atoms with Crippen molar-refractivity contribution in [2.75, 3.05) is 30.8 Å². The Labute approximate surface area is 165 Å². The molecule has 1 heterocycles. The molecule has 0 N–H and O–H groups in total. The van der Waals surface area contributed by atoms with E-state index in [2.05, 4.69) is 28.9 Å². The normalized spacial score (nSPS) is 18.6. The molecule has 1 fully saturated rings. The first-order chi connectivity index (χ1) is 13.3. The molecule has 0 spiro atoms. The second-order valence-corrected chi connectivity index (χ2v) is 9.25. The third kappa shape index (κ3) is 4.69. The topological polar surface area (TPSA) is 83.8 Å². The molecular formula is C20H25N3O4S. The SMILES string of the molecule is CC1CCN(c2ccc([N+](=O)[O-])c(S(C)(=O)=O)c2)CCN1Cc1ccccc1. The highest BCUT2D eigenvalue weighted by atomic mass is 32.2. The lowest BCUT2D eigenvalue weighted by molar-refractivity contribution is -0.387. The predicted octanol–water partition coefficient (Wildman–Crippen LogP) is 3.10. The van der Waals surface area contributed by atoms with Crippen molar-refractivity contribution in [3.8, 4) is 0 Å². The molecule has 0 aromatic heterocycles. The zero-order valence-electron chi connectivity index (χ0n) is 16.1. The molecule has 0 aliphatic carbocycles. The molecule has 0 radical (unpaired) electrons. The molecule has 1 atom stereocenters. The van der Waals surface area contributed by atoms with Crippen molar-refractivity contribution in [3.63, 3.8) is 0 Å². The van der Waals surface area contributed by atoms with E-state index in [1.165, 1.54) is 17.7 Å². The Kier molecular flexibility index (Phi) is 6.00. The van der Waals surface area contributed by atoms with E-state index in [9.17, 15) is 18.5 Å². The highest BCUT2D eigenvalue weighted by Crippen LogP contribution is 2.30. The van der Waals surface area contributed by atoms with Gasteiger partial charge in [-0.1, -0.05) is 30.3 Å². The van der Waals surface area contributed by atoms with Gasteiger partial charge in [0.2, 0.25) is 0 Å². The quantitative estimate of drug-likeness (QED) is 0.563. The van der Waals surface area contributed by atoms with Crippen LogP contribution in [0.15, 0.2) is 53.4 Å². The second-order valence-electron chi connectivity index (χ2n) is 7.26. The number of nitro groups is 1. The molecule has 8 heteroatoms. The minimum absolute atomic E-state index is 0.228. The van der Waals surface area contributed by atoms with Crippen LogP contribution in [0.25, 0.3) is 0 Å². The number of nitrogens with zero attached hydrogens (tertiary/aromatic N) is 3. The van der Waals surface area contributed by atoms with E-state index in [-0.39, 0.29) is 10.6 Å². The zero-order valence-corrected chi connectivity index (χ0v) is 16.9. The Hall–Kier alpha value is -2.45. The monoisotopic (exact) mass is 403 g/mol. The van der Waals surface area contributed by atoms with Crippen LogP contribution in [-0.2, 0) is 16.4 Å². The number of rotatable bonds is 5. The van der Waals surface area contributed by atoms with Gasteiger partial charge in [0.15, 0.2) is 9.84 Å². The summed E-state index contributed by atoms with van der Waals surface area (Å²) < 4.78 is 24.1. The van der Waals surface area contributed by atoms with Gasteiger partial charge in [0.1, 0.15) is 4.90 Å². The number of hydrogen-bond donors (Lipinski definition) is 0. The molecule has 28 heavy (non-hydrogen) atoms. The summed E-state index contributed by atoms with van der Waals surface area (Å²) in [5.41, 5.74) is 1.59. The number of anilines is 1. The zero-order chi connectivity index (χ0) is 20.3. The molecule has 1 unspecified atom stereocenters. The fourth-order valence-corrected chi connectivity index (χ4v) is 4.42. The summed E-state index contributed by atoms with van der Waals surface area (Å²) in [6, 6.07) is 15.1. The van der Waals surface area contributed by atoms with Gasteiger partial charge in [-0.3, -0.25) is 15.0 Å². The van der Waals surface area contributed by atoms with Crippen LogP contribution in [0.4, 0.5) is 11.4 Å². The van der Waals surface area contributed by atoms with E-state index in [1.807, 2.05) is 18.2 Å². The molecule has 150 valence electrons. The fraction of sp³-hybridized carbons (Fsp3) is 0.400. The Morgan fingerprint density at radius 2 is 1.82 bits per heavy atom. The average Bonchev–Trinajstić information content (AvgIpc) is 2.83. The molecule has 1 aliphatic rings. The lowest BCUT2D eigenvalue weighted by Gasteiger charge is -2.26. The van der Waals surface area contributed by atoms with Gasteiger partial charge in [-0.15, -0.1) is 0 Å². The maximum Gasteiger partial charge on any atom is 0.288 e. The summed E-state index contributed by atoms with van der Waals surface area (Å²) >= 11 is 0. The predicted molar refractivity (Wildman–Crippen MR) is 109 cm³/mol. The van der Waals surface area contributed by atoms with Crippen molar-refractivity contribution in [1.29, 1.82) is 0 Å². The van der Waals surface area contributed by atoms with Crippen molar-refractivity contribution in [2.24, 2.45) is 0 Å². The average molecular weight is 404 g/mol. The standard InChI is InChI=1S/C20H25N3O4S/c1-16-10-11-21(12-13-22(16)15-17-6-4-3-5-7-17)18-8-9-19(23(24)25)20(14-18)28(2,26)27/h3-9,14,16H,10-13,15H2,1-2H3. The molecule has 0 amide bonds. The molecule has 0 saturated carbocycles. The number of benzene rings is 2. The first-order valence-electron chi connectivity index (χ1n) is 9.27. The van der Waals surface area contributed by atoms with Gasteiger partial charge in [0.05, 0.1) is 4.92 Å². The number of nitro benzene ring substituents is 1. The summed E-state index contributed by atoms with van der Waals surface area (Å²) in [4.78, 5) is 14.8. The van der Waals surface area contributed by atoms with E-state index in [0.29, 0.717) is 11.7 Å². The van der Waals surface area contributed by atoms with Crippen LogP contribution in [-0.4, -0.2) is 50.2 Å².